The van der Waals surface area contributed by atoms with E-state index in [4.69, 9.17) is 13.6 Å². The van der Waals surface area contributed by atoms with Gasteiger partial charge in [0, 0.05) is 29.6 Å². The van der Waals surface area contributed by atoms with E-state index in [0.29, 0.717) is 34.0 Å². The maximum atomic E-state index is 13.2. The number of aryl methyl sites for hydroxylation is 1. The van der Waals surface area contributed by atoms with Crippen LogP contribution in [-0.4, -0.2) is 18.0 Å². The lowest BCUT2D eigenvalue weighted by Gasteiger charge is -2.06. The summed E-state index contributed by atoms with van der Waals surface area (Å²) >= 11 is 0. The van der Waals surface area contributed by atoms with Gasteiger partial charge >= 0.3 is 0 Å². The standard InChI is InChI=1S/C24H18N2O4/c1-14-25-19-12-16(8-11-20(19)29-14)26-24(27)23-22(15-6-4-3-5-7-15)18-10-9-17(28-2)13-21(18)30-23/h3-13H,1-2H3,(H,26,27). The molecule has 0 fully saturated rings. The molecule has 2 aromatic heterocycles. The predicted octanol–water partition coefficient (Wildman–Crippen LogP) is 5.81. The molecule has 3 aromatic carbocycles. The predicted molar refractivity (Wildman–Crippen MR) is 115 cm³/mol. The van der Waals surface area contributed by atoms with Gasteiger partial charge in [0.05, 0.1) is 7.11 Å². The number of methoxy groups -OCH3 is 1. The van der Waals surface area contributed by atoms with Crippen molar-refractivity contribution in [2.75, 3.05) is 12.4 Å². The summed E-state index contributed by atoms with van der Waals surface area (Å²) in [5.41, 5.74) is 4.19. The molecule has 6 heteroatoms. The van der Waals surface area contributed by atoms with Crippen molar-refractivity contribution in [2.24, 2.45) is 0 Å². The summed E-state index contributed by atoms with van der Waals surface area (Å²) in [7, 11) is 1.59. The number of oxazole rings is 1. The van der Waals surface area contributed by atoms with Crippen molar-refractivity contribution in [2.45, 2.75) is 6.92 Å². The minimum atomic E-state index is -0.344. The number of hydrogen-bond acceptors (Lipinski definition) is 5. The number of amides is 1. The summed E-state index contributed by atoms with van der Waals surface area (Å²) in [6.45, 7) is 1.78. The Morgan fingerprint density at radius 2 is 1.80 bits per heavy atom. The van der Waals surface area contributed by atoms with E-state index in [0.717, 1.165) is 16.5 Å². The molecule has 0 spiro atoms. The van der Waals surface area contributed by atoms with Crippen LogP contribution >= 0.6 is 0 Å². The number of nitrogens with zero attached hydrogens (tertiary/aromatic N) is 1. The van der Waals surface area contributed by atoms with Gasteiger partial charge in [0.15, 0.2) is 11.5 Å². The van der Waals surface area contributed by atoms with Crippen LogP contribution in [0.4, 0.5) is 5.69 Å². The van der Waals surface area contributed by atoms with E-state index >= 15 is 0 Å². The number of aromatic nitrogens is 1. The van der Waals surface area contributed by atoms with Gasteiger partial charge in [0.1, 0.15) is 16.8 Å². The first-order chi connectivity index (χ1) is 14.6. The minimum Gasteiger partial charge on any atom is -0.497 e. The van der Waals surface area contributed by atoms with E-state index in [1.165, 1.54) is 0 Å². The molecular weight excluding hydrogens is 380 g/mol. The molecule has 6 nitrogen and oxygen atoms in total. The summed E-state index contributed by atoms with van der Waals surface area (Å²) in [5.74, 6) is 1.13. The minimum absolute atomic E-state index is 0.237. The van der Waals surface area contributed by atoms with Crippen molar-refractivity contribution in [3.8, 4) is 16.9 Å². The molecule has 2 heterocycles. The second-order valence-corrected chi connectivity index (χ2v) is 6.90. The molecule has 0 bridgehead atoms. The molecule has 1 N–H and O–H groups in total. The van der Waals surface area contributed by atoms with Gasteiger partial charge in [-0.15, -0.1) is 0 Å². The number of ether oxygens (including phenoxy) is 1. The molecule has 0 unspecified atom stereocenters. The molecule has 30 heavy (non-hydrogen) atoms. The van der Waals surface area contributed by atoms with Crippen LogP contribution in [0.3, 0.4) is 0 Å². The first-order valence-corrected chi connectivity index (χ1v) is 9.47. The van der Waals surface area contributed by atoms with Crippen LogP contribution in [0, 0.1) is 6.92 Å². The van der Waals surface area contributed by atoms with Gasteiger partial charge in [-0.05, 0) is 35.9 Å². The molecule has 0 aliphatic rings. The van der Waals surface area contributed by atoms with Gasteiger partial charge in [-0.25, -0.2) is 4.98 Å². The fourth-order valence-electron chi connectivity index (χ4n) is 3.56. The van der Waals surface area contributed by atoms with Crippen LogP contribution in [0.5, 0.6) is 5.75 Å². The first-order valence-electron chi connectivity index (χ1n) is 9.47. The van der Waals surface area contributed by atoms with Gasteiger partial charge in [0.2, 0.25) is 5.76 Å². The quantitative estimate of drug-likeness (QED) is 0.413. The summed E-state index contributed by atoms with van der Waals surface area (Å²) in [6, 6.07) is 20.6. The Morgan fingerprint density at radius 3 is 2.60 bits per heavy atom. The number of carbonyl (C=O) groups is 1. The number of carbonyl (C=O) groups excluding carboxylic acids is 1. The molecule has 0 saturated heterocycles. The van der Waals surface area contributed by atoms with Crippen molar-refractivity contribution in [3.05, 3.63) is 78.4 Å². The van der Waals surface area contributed by atoms with Gasteiger partial charge in [-0.1, -0.05) is 30.3 Å². The van der Waals surface area contributed by atoms with E-state index in [9.17, 15) is 4.79 Å². The Morgan fingerprint density at radius 1 is 0.967 bits per heavy atom. The van der Waals surface area contributed by atoms with Gasteiger partial charge in [0.25, 0.3) is 5.91 Å². The van der Waals surface area contributed by atoms with Crippen molar-refractivity contribution >= 4 is 33.7 Å². The van der Waals surface area contributed by atoms with Crippen molar-refractivity contribution in [3.63, 3.8) is 0 Å². The largest absolute Gasteiger partial charge is 0.497 e. The maximum absolute atomic E-state index is 13.2. The van der Waals surface area contributed by atoms with Crippen LogP contribution in [-0.2, 0) is 0 Å². The highest BCUT2D eigenvalue weighted by atomic mass is 16.5. The van der Waals surface area contributed by atoms with Gasteiger partial charge < -0.3 is 18.9 Å². The summed E-state index contributed by atoms with van der Waals surface area (Å²) in [6.07, 6.45) is 0. The molecule has 0 aliphatic heterocycles. The average Bonchev–Trinajstić information content (AvgIpc) is 3.33. The summed E-state index contributed by atoms with van der Waals surface area (Å²) in [5, 5.41) is 3.76. The molecule has 0 atom stereocenters. The maximum Gasteiger partial charge on any atom is 0.292 e. The van der Waals surface area contributed by atoms with Crippen LogP contribution in [0.25, 0.3) is 33.2 Å². The van der Waals surface area contributed by atoms with Crippen LogP contribution in [0.15, 0.2) is 75.6 Å². The molecule has 5 aromatic rings. The number of rotatable bonds is 4. The highest BCUT2D eigenvalue weighted by molar-refractivity contribution is 6.13. The lowest BCUT2D eigenvalue weighted by atomic mass is 10.0. The van der Waals surface area contributed by atoms with Crippen molar-refractivity contribution < 1.29 is 18.4 Å². The Labute approximate surface area is 172 Å². The number of furan rings is 1. The Kier molecular flexibility index (Phi) is 4.25. The highest BCUT2D eigenvalue weighted by Crippen LogP contribution is 2.37. The van der Waals surface area contributed by atoms with Crippen LogP contribution in [0.1, 0.15) is 16.4 Å². The van der Waals surface area contributed by atoms with E-state index in [1.807, 2.05) is 42.5 Å². The zero-order valence-electron chi connectivity index (χ0n) is 16.4. The molecular formula is C24H18N2O4. The van der Waals surface area contributed by atoms with Crippen LogP contribution < -0.4 is 10.1 Å². The van der Waals surface area contributed by atoms with E-state index in [2.05, 4.69) is 10.3 Å². The Bertz CT molecular complexity index is 1380. The molecule has 1 amide bonds. The van der Waals surface area contributed by atoms with Crippen LogP contribution in [0.2, 0.25) is 0 Å². The van der Waals surface area contributed by atoms with Crippen molar-refractivity contribution in [1.29, 1.82) is 0 Å². The van der Waals surface area contributed by atoms with Crippen molar-refractivity contribution in [1.82, 2.24) is 4.98 Å². The summed E-state index contributed by atoms with van der Waals surface area (Å²) in [4.78, 5) is 17.5. The number of anilines is 1. The zero-order valence-corrected chi connectivity index (χ0v) is 16.4. The third kappa shape index (κ3) is 3.08. The third-order valence-corrected chi connectivity index (χ3v) is 4.92. The monoisotopic (exact) mass is 398 g/mol. The molecule has 5 rings (SSSR count). The molecule has 148 valence electrons. The topological polar surface area (TPSA) is 77.5 Å². The molecule has 0 saturated carbocycles. The fourth-order valence-corrected chi connectivity index (χ4v) is 3.56. The molecule has 0 radical (unpaired) electrons. The fraction of sp³-hybridized carbons (Fsp3) is 0.0833. The first kappa shape index (κ1) is 18.0. The number of hydrogen-bond donors (Lipinski definition) is 1. The lowest BCUT2D eigenvalue weighted by molar-refractivity contribution is 0.0999. The summed E-state index contributed by atoms with van der Waals surface area (Å²) < 4.78 is 16.8. The van der Waals surface area contributed by atoms with E-state index < -0.39 is 0 Å². The van der Waals surface area contributed by atoms with Gasteiger partial charge in [-0.3, -0.25) is 4.79 Å². The average molecular weight is 398 g/mol. The number of nitrogens with one attached hydrogen (secondary N) is 1. The third-order valence-electron chi connectivity index (χ3n) is 4.92. The van der Waals surface area contributed by atoms with E-state index in [1.54, 1.807) is 38.3 Å². The number of fused-ring (bicyclic) bond motifs is 2. The normalized spacial score (nSPS) is 11.1. The highest BCUT2D eigenvalue weighted by Gasteiger charge is 2.22. The SMILES string of the molecule is COc1ccc2c(-c3ccccc3)c(C(=O)Nc3ccc4oc(C)nc4c3)oc2c1. The Balaban J connectivity index is 1.60. The second-order valence-electron chi connectivity index (χ2n) is 6.90. The van der Waals surface area contributed by atoms with E-state index in [-0.39, 0.29) is 11.7 Å². The second kappa shape index (κ2) is 7.08. The molecule has 0 aliphatic carbocycles. The van der Waals surface area contributed by atoms with Gasteiger partial charge in [-0.2, -0.15) is 0 Å². The zero-order chi connectivity index (χ0) is 20.7. The lowest BCUT2D eigenvalue weighted by Crippen LogP contribution is -2.12. The smallest absolute Gasteiger partial charge is 0.292 e. The Hall–Kier alpha value is -4.06. The number of benzene rings is 3.